The molecule has 20 heavy (non-hydrogen) atoms. The number of nitrogens with two attached hydrogens (primary N) is 1. The molecule has 112 valence electrons. The number of primary sulfonamides is 1. The Morgan fingerprint density at radius 3 is 2.60 bits per heavy atom. The molecule has 2 N–H and O–H groups in total. The molecule has 0 heterocycles. The maximum absolute atomic E-state index is 14.0. The van der Waals surface area contributed by atoms with E-state index in [0.29, 0.717) is 6.42 Å². The van der Waals surface area contributed by atoms with Gasteiger partial charge in [0.15, 0.2) is 5.82 Å². The minimum atomic E-state index is -4.32. The second-order valence-corrected chi connectivity index (χ2v) is 6.28. The lowest BCUT2D eigenvalue weighted by atomic mass is 10.2. The summed E-state index contributed by atoms with van der Waals surface area (Å²) in [6.07, 6.45) is 0.981. The Balaban J connectivity index is 3.19. The largest absolute Gasteiger partial charge is 0.459 e. The Morgan fingerprint density at radius 1 is 1.50 bits per heavy atom. The molecule has 0 amide bonds. The zero-order valence-electron chi connectivity index (χ0n) is 11.0. The molecule has 0 fully saturated rings. The summed E-state index contributed by atoms with van der Waals surface area (Å²) in [5.74, 6) is -2.23. The van der Waals surface area contributed by atoms with Gasteiger partial charge >= 0.3 is 5.97 Å². The van der Waals surface area contributed by atoms with Crippen LogP contribution in [0.15, 0.2) is 17.0 Å². The molecule has 5 nitrogen and oxygen atoms in total. The topological polar surface area (TPSA) is 86.5 Å². The molecule has 0 spiro atoms. The minimum absolute atomic E-state index is 0.120. The van der Waals surface area contributed by atoms with Gasteiger partial charge in [-0.2, -0.15) is 0 Å². The van der Waals surface area contributed by atoms with Crippen molar-refractivity contribution in [1.82, 2.24) is 0 Å². The van der Waals surface area contributed by atoms with Crippen LogP contribution in [0.3, 0.4) is 0 Å². The summed E-state index contributed by atoms with van der Waals surface area (Å²) in [6.45, 7) is 3.56. The highest BCUT2D eigenvalue weighted by molar-refractivity contribution is 7.89. The van der Waals surface area contributed by atoms with E-state index in [-0.39, 0.29) is 5.02 Å². The van der Waals surface area contributed by atoms with E-state index in [1.165, 1.54) is 0 Å². The summed E-state index contributed by atoms with van der Waals surface area (Å²) in [5.41, 5.74) is -0.551. The second kappa shape index (κ2) is 6.51. The number of hydrogen-bond donors (Lipinski definition) is 1. The van der Waals surface area contributed by atoms with Crippen LogP contribution >= 0.6 is 11.6 Å². The average Bonchev–Trinajstić information content (AvgIpc) is 2.30. The molecular formula is C12H15ClFNO4S. The van der Waals surface area contributed by atoms with E-state index in [2.05, 4.69) is 0 Å². The van der Waals surface area contributed by atoms with Gasteiger partial charge in [0.25, 0.3) is 0 Å². The van der Waals surface area contributed by atoms with Crippen LogP contribution < -0.4 is 5.14 Å². The number of carbonyl (C=O) groups is 1. The molecule has 0 aliphatic heterocycles. The third-order valence-corrected chi connectivity index (χ3v) is 3.66. The molecule has 0 saturated carbocycles. The summed E-state index contributed by atoms with van der Waals surface area (Å²) < 4.78 is 41.5. The van der Waals surface area contributed by atoms with Gasteiger partial charge in [-0.25, -0.2) is 22.7 Å². The van der Waals surface area contributed by atoms with Gasteiger partial charge in [0, 0.05) is 5.02 Å². The maximum atomic E-state index is 14.0. The smallest absolute Gasteiger partial charge is 0.341 e. The number of hydrogen-bond acceptors (Lipinski definition) is 4. The van der Waals surface area contributed by atoms with E-state index in [0.717, 1.165) is 18.6 Å². The molecule has 1 rings (SSSR count). The van der Waals surface area contributed by atoms with Gasteiger partial charge in [-0.1, -0.05) is 24.9 Å². The van der Waals surface area contributed by atoms with E-state index in [1.807, 2.05) is 6.92 Å². The van der Waals surface area contributed by atoms with E-state index >= 15 is 0 Å². The SMILES string of the molecule is CCCC(C)OC(=O)c1cc(Cl)cc(S(N)(=O)=O)c1F. The summed E-state index contributed by atoms with van der Waals surface area (Å²) in [7, 11) is -4.32. The van der Waals surface area contributed by atoms with Gasteiger partial charge in [0.2, 0.25) is 10.0 Å². The first-order valence-electron chi connectivity index (χ1n) is 5.89. The zero-order chi connectivity index (χ0) is 15.5. The fraction of sp³-hybridized carbons (Fsp3) is 0.417. The first-order chi connectivity index (χ1) is 9.16. The molecule has 8 heteroatoms. The first-order valence-corrected chi connectivity index (χ1v) is 7.82. The molecule has 0 saturated heterocycles. The van der Waals surface area contributed by atoms with Crippen molar-refractivity contribution < 1.29 is 22.3 Å². The Labute approximate surface area is 121 Å². The van der Waals surface area contributed by atoms with Crippen molar-refractivity contribution >= 4 is 27.6 Å². The number of rotatable bonds is 5. The van der Waals surface area contributed by atoms with Crippen molar-refractivity contribution in [2.24, 2.45) is 5.14 Å². The van der Waals surface area contributed by atoms with Gasteiger partial charge in [0.1, 0.15) is 4.90 Å². The summed E-state index contributed by atoms with van der Waals surface area (Å²) in [5, 5.41) is 4.75. The number of sulfonamides is 1. The molecule has 0 bridgehead atoms. The highest BCUT2D eigenvalue weighted by Crippen LogP contribution is 2.24. The van der Waals surface area contributed by atoms with Crippen LogP contribution in [0.2, 0.25) is 5.02 Å². The van der Waals surface area contributed by atoms with Crippen LogP contribution in [0.25, 0.3) is 0 Å². The lowest BCUT2D eigenvalue weighted by Crippen LogP contribution is -2.19. The summed E-state index contributed by atoms with van der Waals surface area (Å²) in [6, 6.07) is 1.85. The number of benzene rings is 1. The van der Waals surface area contributed by atoms with E-state index in [9.17, 15) is 17.6 Å². The van der Waals surface area contributed by atoms with Crippen molar-refractivity contribution in [2.45, 2.75) is 37.7 Å². The monoisotopic (exact) mass is 323 g/mol. The molecular weight excluding hydrogens is 309 g/mol. The van der Waals surface area contributed by atoms with Crippen LogP contribution in [0.1, 0.15) is 37.0 Å². The lowest BCUT2D eigenvalue weighted by Gasteiger charge is -2.13. The highest BCUT2D eigenvalue weighted by atomic mass is 35.5. The Hall–Kier alpha value is -1.18. The van der Waals surface area contributed by atoms with Gasteiger partial charge in [-0.15, -0.1) is 0 Å². The predicted molar refractivity (Wildman–Crippen MR) is 72.6 cm³/mol. The number of esters is 1. The molecule has 0 aromatic heterocycles. The quantitative estimate of drug-likeness (QED) is 0.843. The third kappa shape index (κ3) is 4.16. The van der Waals surface area contributed by atoms with Gasteiger partial charge < -0.3 is 4.74 Å². The number of carbonyl (C=O) groups excluding carboxylic acids is 1. The van der Waals surface area contributed by atoms with E-state index < -0.39 is 38.4 Å². The Morgan fingerprint density at radius 2 is 2.10 bits per heavy atom. The lowest BCUT2D eigenvalue weighted by molar-refractivity contribution is 0.0317. The third-order valence-electron chi connectivity index (χ3n) is 2.53. The van der Waals surface area contributed by atoms with Crippen LogP contribution in [-0.2, 0) is 14.8 Å². The zero-order valence-corrected chi connectivity index (χ0v) is 12.6. The second-order valence-electron chi connectivity index (χ2n) is 4.32. The Bertz CT molecular complexity index is 618. The van der Waals surface area contributed by atoms with Crippen molar-refractivity contribution in [3.05, 3.63) is 28.5 Å². The standard InChI is InChI=1S/C12H15ClFNO4S/c1-3-4-7(2)19-12(16)9-5-8(13)6-10(11(9)14)20(15,17)18/h5-7H,3-4H2,1-2H3,(H2,15,17,18). The molecule has 1 aromatic carbocycles. The predicted octanol–water partition coefficient (Wildman–Crippen LogP) is 2.47. The van der Waals surface area contributed by atoms with Crippen LogP contribution in [-0.4, -0.2) is 20.5 Å². The summed E-state index contributed by atoms with van der Waals surface area (Å²) >= 11 is 5.68. The van der Waals surface area contributed by atoms with E-state index in [4.69, 9.17) is 21.5 Å². The molecule has 0 radical (unpaired) electrons. The van der Waals surface area contributed by atoms with Crippen molar-refractivity contribution in [1.29, 1.82) is 0 Å². The maximum Gasteiger partial charge on any atom is 0.341 e. The van der Waals surface area contributed by atoms with Crippen LogP contribution in [0.5, 0.6) is 0 Å². The highest BCUT2D eigenvalue weighted by Gasteiger charge is 2.24. The molecule has 1 atom stereocenters. The van der Waals surface area contributed by atoms with Gasteiger partial charge in [0.05, 0.1) is 11.7 Å². The number of halogens is 2. The van der Waals surface area contributed by atoms with Crippen molar-refractivity contribution in [3.8, 4) is 0 Å². The summed E-state index contributed by atoms with van der Waals surface area (Å²) in [4.78, 5) is 11.0. The van der Waals surface area contributed by atoms with Crippen molar-refractivity contribution in [2.75, 3.05) is 0 Å². The number of ether oxygens (including phenoxy) is 1. The van der Waals surface area contributed by atoms with E-state index in [1.54, 1.807) is 6.92 Å². The average molecular weight is 324 g/mol. The molecule has 0 aliphatic rings. The normalized spacial score (nSPS) is 13.1. The van der Waals surface area contributed by atoms with Crippen molar-refractivity contribution in [3.63, 3.8) is 0 Å². The van der Waals surface area contributed by atoms with Crippen LogP contribution in [0, 0.1) is 5.82 Å². The fourth-order valence-corrected chi connectivity index (χ4v) is 2.57. The van der Waals surface area contributed by atoms with Gasteiger partial charge in [-0.3, -0.25) is 0 Å². The minimum Gasteiger partial charge on any atom is -0.459 e. The first kappa shape index (κ1) is 16.9. The molecule has 0 aliphatic carbocycles. The van der Waals surface area contributed by atoms with Gasteiger partial charge in [-0.05, 0) is 25.5 Å². The molecule has 1 aromatic rings. The fourth-order valence-electron chi connectivity index (χ4n) is 1.63. The van der Waals surface area contributed by atoms with Crippen LogP contribution in [0.4, 0.5) is 4.39 Å². The Kier molecular flexibility index (Phi) is 5.50. The molecule has 1 unspecified atom stereocenters.